The summed E-state index contributed by atoms with van der Waals surface area (Å²) in [6, 6.07) is 16.0. The van der Waals surface area contributed by atoms with Crippen LogP contribution in [0.15, 0.2) is 65.2 Å². The molecule has 2 aromatic heterocycles. The van der Waals surface area contributed by atoms with E-state index in [0.717, 1.165) is 11.3 Å². The van der Waals surface area contributed by atoms with Crippen LogP contribution in [0.25, 0.3) is 0 Å². The quantitative estimate of drug-likeness (QED) is 0.543. The molecule has 1 atom stereocenters. The lowest BCUT2D eigenvalue weighted by atomic mass is 9.99. The Balaban J connectivity index is 1.74. The summed E-state index contributed by atoms with van der Waals surface area (Å²) in [4.78, 5) is 24.8. The lowest BCUT2D eigenvalue weighted by Crippen LogP contribution is -2.42. The van der Waals surface area contributed by atoms with Gasteiger partial charge in [-0.3, -0.25) is 14.9 Å². The average Bonchev–Trinajstić information content (AvgIpc) is 3.30. The van der Waals surface area contributed by atoms with Crippen molar-refractivity contribution in [2.75, 3.05) is 6.54 Å². The van der Waals surface area contributed by atoms with Crippen LogP contribution < -0.4 is 0 Å². The van der Waals surface area contributed by atoms with Gasteiger partial charge in [-0.2, -0.15) is 0 Å². The zero-order valence-corrected chi connectivity index (χ0v) is 13.2. The topological polar surface area (TPSA) is 81.5 Å². The number of hydrogen-bond acceptors (Lipinski definition) is 4. The summed E-state index contributed by atoms with van der Waals surface area (Å²) >= 11 is 0. The Hall–Kier alpha value is -3.35. The predicted molar refractivity (Wildman–Crippen MR) is 89.1 cm³/mol. The number of benzene rings is 1. The first kappa shape index (κ1) is 15.2. The van der Waals surface area contributed by atoms with Gasteiger partial charge in [0.05, 0.1) is 12.1 Å². The molecule has 0 bridgehead atoms. The first-order chi connectivity index (χ1) is 12.1. The van der Waals surface area contributed by atoms with Crippen LogP contribution in [0.1, 0.15) is 27.9 Å². The van der Waals surface area contributed by atoms with Gasteiger partial charge in [-0.15, -0.1) is 0 Å². The summed E-state index contributed by atoms with van der Waals surface area (Å²) in [6.07, 6.45) is 1.99. The van der Waals surface area contributed by atoms with E-state index in [1.54, 1.807) is 4.90 Å². The zero-order valence-electron chi connectivity index (χ0n) is 13.2. The molecule has 0 saturated carbocycles. The fourth-order valence-electron chi connectivity index (χ4n) is 3.27. The predicted octanol–water partition coefficient (Wildman–Crippen LogP) is 3.23. The smallest absolute Gasteiger partial charge is 0.395 e. The number of fused-ring (bicyclic) bond motifs is 1. The Morgan fingerprint density at radius 3 is 2.60 bits per heavy atom. The highest BCUT2D eigenvalue weighted by molar-refractivity contribution is 5.92. The van der Waals surface area contributed by atoms with Gasteiger partial charge in [-0.1, -0.05) is 30.3 Å². The minimum atomic E-state index is -0.646. The van der Waals surface area contributed by atoms with E-state index in [4.69, 9.17) is 4.42 Å². The molecule has 126 valence electrons. The fourth-order valence-corrected chi connectivity index (χ4v) is 3.27. The van der Waals surface area contributed by atoms with Crippen LogP contribution in [0.5, 0.6) is 0 Å². The van der Waals surface area contributed by atoms with Gasteiger partial charge in [-0.25, -0.2) is 0 Å². The van der Waals surface area contributed by atoms with Crippen molar-refractivity contribution in [2.24, 2.45) is 0 Å². The van der Waals surface area contributed by atoms with Crippen LogP contribution >= 0.6 is 0 Å². The Morgan fingerprint density at radius 2 is 1.88 bits per heavy atom. The first-order valence-corrected chi connectivity index (χ1v) is 7.90. The molecule has 7 nitrogen and oxygen atoms in total. The summed E-state index contributed by atoms with van der Waals surface area (Å²) in [7, 11) is 0. The number of carbonyl (C=O) groups is 1. The van der Waals surface area contributed by atoms with E-state index in [1.165, 1.54) is 12.1 Å². The zero-order chi connectivity index (χ0) is 17.4. The fraction of sp³-hybridized carbons (Fsp3) is 0.167. The molecule has 0 unspecified atom stereocenters. The lowest BCUT2D eigenvalue weighted by Gasteiger charge is -2.36. The largest absolute Gasteiger partial charge is 0.433 e. The number of nitro groups is 1. The molecule has 0 N–H and O–H groups in total. The summed E-state index contributed by atoms with van der Waals surface area (Å²) < 4.78 is 7.23. The monoisotopic (exact) mass is 337 g/mol. The molecule has 4 rings (SSSR count). The molecule has 25 heavy (non-hydrogen) atoms. The molecule has 3 heterocycles. The second-order valence-electron chi connectivity index (χ2n) is 5.83. The Labute approximate surface area is 143 Å². The lowest BCUT2D eigenvalue weighted by molar-refractivity contribution is -0.402. The SMILES string of the molecule is O=C(c1ccc([N+](=O)[O-])o1)N1CCn2cccc2[C@@H]1c1ccccc1. The molecular weight excluding hydrogens is 322 g/mol. The second kappa shape index (κ2) is 5.94. The highest BCUT2D eigenvalue weighted by Gasteiger charge is 2.34. The van der Waals surface area contributed by atoms with Gasteiger partial charge in [0.1, 0.15) is 4.92 Å². The van der Waals surface area contributed by atoms with Gasteiger partial charge in [0.15, 0.2) is 5.76 Å². The number of nitrogens with zero attached hydrogens (tertiary/aromatic N) is 3. The molecule has 1 aliphatic heterocycles. The minimum Gasteiger partial charge on any atom is -0.395 e. The van der Waals surface area contributed by atoms with E-state index in [1.807, 2.05) is 48.7 Å². The van der Waals surface area contributed by atoms with Gasteiger partial charge >= 0.3 is 5.88 Å². The summed E-state index contributed by atoms with van der Waals surface area (Å²) in [5.74, 6) is -0.804. The number of carbonyl (C=O) groups excluding carboxylic acids is 1. The highest BCUT2D eigenvalue weighted by Crippen LogP contribution is 2.33. The third-order valence-electron chi connectivity index (χ3n) is 4.40. The summed E-state index contributed by atoms with van der Waals surface area (Å²) in [6.45, 7) is 1.16. The van der Waals surface area contributed by atoms with Crippen molar-refractivity contribution in [1.82, 2.24) is 9.47 Å². The van der Waals surface area contributed by atoms with Crippen molar-refractivity contribution >= 4 is 11.8 Å². The van der Waals surface area contributed by atoms with Gasteiger partial charge in [0.2, 0.25) is 0 Å². The Bertz CT molecular complexity index is 929. The number of rotatable bonds is 3. The van der Waals surface area contributed by atoms with E-state index in [0.29, 0.717) is 13.1 Å². The Morgan fingerprint density at radius 1 is 1.08 bits per heavy atom. The molecule has 1 aliphatic rings. The average molecular weight is 337 g/mol. The minimum absolute atomic E-state index is 0.0207. The molecule has 0 saturated heterocycles. The summed E-state index contributed by atoms with van der Waals surface area (Å²) in [5.41, 5.74) is 1.99. The molecule has 1 aromatic carbocycles. The number of amides is 1. The van der Waals surface area contributed by atoms with Crippen molar-refractivity contribution < 1.29 is 14.1 Å². The van der Waals surface area contributed by atoms with Gasteiger partial charge in [-0.05, 0) is 23.8 Å². The van der Waals surface area contributed by atoms with E-state index in [-0.39, 0.29) is 17.7 Å². The molecule has 0 aliphatic carbocycles. The number of aromatic nitrogens is 1. The highest BCUT2D eigenvalue weighted by atomic mass is 16.6. The normalized spacial score (nSPS) is 16.5. The third-order valence-corrected chi connectivity index (χ3v) is 4.40. The number of furan rings is 1. The van der Waals surface area contributed by atoms with Crippen molar-refractivity contribution in [2.45, 2.75) is 12.6 Å². The molecule has 0 spiro atoms. The van der Waals surface area contributed by atoms with E-state index in [9.17, 15) is 14.9 Å². The van der Waals surface area contributed by atoms with Crippen LogP contribution in [0.4, 0.5) is 5.88 Å². The van der Waals surface area contributed by atoms with Crippen LogP contribution in [-0.2, 0) is 6.54 Å². The molecule has 3 aromatic rings. The maximum absolute atomic E-state index is 13.0. The van der Waals surface area contributed by atoms with Crippen LogP contribution in [0.2, 0.25) is 0 Å². The molecule has 0 radical (unpaired) electrons. The molecular formula is C18H15N3O4. The number of hydrogen-bond donors (Lipinski definition) is 0. The van der Waals surface area contributed by atoms with Gasteiger partial charge in [0, 0.05) is 25.0 Å². The molecule has 1 amide bonds. The van der Waals surface area contributed by atoms with E-state index in [2.05, 4.69) is 4.57 Å². The van der Waals surface area contributed by atoms with Crippen molar-refractivity contribution in [1.29, 1.82) is 0 Å². The second-order valence-corrected chi connectivity index (χ2v) is 5.83. The molecule has 7 heteroatoms. The standard InChI is InChI=1S/C18H15N3O4/c22-18(15-8-9-16(25-15)21(23)24)20-12-11-19-10-4-7-14(19)17(20)13-5-2-1-3-6-13/h1-10,17H,11-12H2/t17-/m0/s1. The van der Waals surface area contributed by atoms with Gasteiger partial charge in [0.25, 0.3) is 5.91 Å². The van der Waals surface area contributed by atoms with Gasteiger partial charge < -0.3 is 13.9 Å². The van der Waals surface area contributed by atoms with Crippen LogP contribution in [-0.4, -0.2) is 26.8 Å². The first-order valence-electron chi connectivity index (χ1n) is 7.90. The third kappa shape index (κ3) is 2.59. The Kier molecular flexibility index (Phi) is 3.61. The maximum atomic E-state index is 13.0. The van der Waals surface area contributed by atoms with E-state index >= 15 is 0 Å². The van der Waals surface area contributed by atoms with E-state index < -0.39 is 10.8 Å². The maximum Gasteiger partial charge on any atom is 0.433 e. The molecule has 0 fully saturated rings. The van der Waals surface area contributed by atoms with Crippen molar-refractivity contribution in [3.63, 3.8) is 0 Å². The summed E-state index contributed by atoms with van der Waals surface area (Å²) in [5, 5.41) is 10.8. The van der Waals surface area contributed by atoms with Crippen LogP contribution in [0.3, 0.4) is 0 Å². The van der Waals surface area contributed by atoms with Crippen molar-refractivity contribution in [3.8, 4) is 0 Å². The van der Waals surface area contributed by atoms with Crippen LogP contribution in [0, 0.1) is 10.1 Å². The van der Waals surface area contributed by atoms with Crippen molar-refractivity contribution in [3.05, 3.63) is 87.9 Å².